The largest absolute Gasteiger partial charge is 0.497 e. The van der Waals surface area contributed by atoms with Gasteiger partial charge in [-0.25, -0.2) is 4.79 Å². The highest BCUT2D eigenvalue weighted by molar-refractivity contribution is 6.00. The van der Waals surface area contributed by atoms with Crippen LogP contribution in [-0.2, 0) is 0 Å². The van der Waals surface area contributed by atoms with E-state index in [0.717, 1.165) is 31.6 Å². The number of rotatable bonds is 2. The third-order valence-corrected chi connectivity index (χ3v) is 3.14. The van der Waals surface area contributed by atoms with Crippen molar-refractivity contribution in [3.05, 3.63) is 24.3 Å². The minimum absolute atomic E-state index is 0.336. The van der Waals surface area contributed by atoms with Crippen molar-refractivity contribution in [1.29, 1.82) is 0 Å². The van der Waals surface area contributed by atoms with Gasteiger partial charge in [0.25, 0.3) is 0 Å². The second-order valence-electron chi connectivity index (χ2n) is 4.57. The number of ether oxygens (including phenoxy) is 1. The fraction of sp³-hybridized carbons (Fsp3) is 0.429. The summed E-state index contributed by atoms with van der Waals surface area (Å²) in [4.78, 5) is 18.0. The van der Waals surface area contributed by atoms with Crippen LogP contribution in [0.3, 0.4) is 0 Å². The Bertz CT molecular complexity index is 485. The summed E-state index contributed by atoms with van der Waals surface area (Å²) in [7, 11) is 3.56. The summed E-state index contributed by atoms with van der Waals surface area (Å²) < 4.78 is 5.11. The van der Waals surface area contributed by atoms with Gasteiger partial charge < -0.3 is 15.0 Å². The van der Waals surface area contributed by atoms with E-state index in [1.165, 1.54) is 0 Å². The van der Waals surface area contributed by atoms with E-state index in [1.54, 1.807) is 13.2 Å². The maximum Gasteiger partial charge on any atom is 0.347 e. The molecule has 2 rings (SSSR count). The van der Waals surface area contributed by atoms with Crippen LogP contribution in [0.15, 0.2) is 29.3 Å². The van der Waals surface area contributed by atoms with Gasteiger partial charge in [-0.2, -0.15) is 4.99 Å². The predicted octanol–water partition coefficient (Wildman–Crippen LogP) is 2.74. The molecule has 5 nitrogen and oxygen atoms in total. The van der Waals surface area contributed by atoms with Crippen molar-refractivity contribution in [3.63, 3.8) is 0 Å². The van der Waals surface area contributed by atoms with Gasteiger partial charge in [-0.15, -0.1) is 0 Å². The lowest BCUT2D eigenvalue weighted by atomic mass is 10.1. The zero-order valence-corrected chi connectivity index (χ0v) is 11.3. The number of hydrogen-bond acceptors (Lipinski definition) is 2. The van der Waals surface area contributed by atoms with Gasteiger partial charge in [-0.05, 0) is 25.0 Å². The topological polar surface area (TPSA) is 53.9 Å². The summed E-state index contributed by atoms with van der Waals surface area (Å²) in [5.41, 5.74) is 0.687. The molecule has 0 spiro atoms. The quantitative estimate of drug-likeness (QED) is 0.890. The standard InChI is InChI=1S/C14H19N3O2/c1-17-9-4-3-8-13(17)16-14(18)15-11-6-5-7-12(10-11)19-2/h5-7,10H,3-4,8-9H2,1-2H3,(H,15,18)/b16-13-. The molecule has 1 fully saturated rings. The van der Waals surface area contributed by atoms with Crippen molar-refractivity contribution < 1.29 is 9.53 Å². The van der Waals surface area contributed by atoms with Gasteiger partial charge in [-0.3, -0.25) is 0 Å². The number of urea groups is 1. The van der Waals surface area contributed by atoms with Crippen LogP contribution in [0.25, 0.3) is 0 Å². The van der Waals surface area contributed by atoms with Gasteiger partial charge >= 0.3 is 6.03 Å². The number of benzene rings is 1. The summed E-state index contributed by atoms with van der Waals surface area (Å²) in [5.74, 6) is 1.56. The number of anilines is 1. The number of nitrogens with one attached hydrogen (secondary N) is 1. The van der Waals surface area contributed by atoms with Crippen LogP contribution >= 0.6 is 0 Å². The number of carbonyl (C=O) groups is 1. The third kappa shape index (κ3) is 3.71. The molecular formula is C14H19N3O2. The molecule has 0 saturated carbocycles. The van der Waals surface area contributed by atoms with E-state index in [2.05, 4.69) is 10.3 Å². The second kappa shape index (κ2) is 6.22. The number of amides is 2. The molecule has 0 atom stereocenters. The summed E-state index contributed by atoms with van der Waals surface area (Å²) in [6, 6.07) is 6.90. The van der Waals surface area contributed by atoms with Crippen molar-refractivity contribution in [2.24, 2.45) is 4.99 Å². The molecule has 102 valence electrons. The molecule has 0 aromatic heterocycles. The third-order valence-electron chi connectivity index (χ3n) is 3.14. The van der Waals surface area contributed by atoms with E-state index in [1.807, 2.05) is 30.1 Å². The zero-order chi connectivity index (χ0) is 13.7. The molecular weight excluding hydrogens is 242 g/mol. The number of likely N-dealkylation sites (tertiary alicyclic amines) is 1. The predicted molar refractivity (Wildman–Crippen MR) is 75.9 cm³/mol. The molecule has 1 saturated heterocycles. The van der Waals surface area contributed by atoms with Gasteiger partial charge in [0.1, 0.15) is 11.6 Å². The monoisotopic (exact) mass is 261 g/mol. The Labute approximate surface area is 113 Å². The van der Waals surface area contributed by atoms with Crippen molar-refractivity contribution in [3.8, 4) is 5.75 Å². The molecule has 0 radical (unpaired) electrons. The van der Waals surface area contributed by atoms with Crippen molar-refractivity contribution in [2.75, 3.05) is 26.0 Å². The summed E-state index contributed by atoms with van der Waals surface area (Å²) >= 11 is 0. The Balaban J connectivity index is 2.02. The number of aliphatic imine (C=N–C) groups is 1. The van der Waals surface area contributed by atoms with Crippen LogP contribution in [0.2, 0.25) is 0 Å². The second-order valence-corrected chi connectivity index (χ2v) is 4.57. The van der Waals surface area contributed by atoms with Gasteiger partial charge in [0.05, 0.1) is 7.11 Å². The lowest BCUT2D eigenvalue weighted by Crippen LogP contribution is -2.32. The highest BCUT2D eigenvalue weighted by Crippen LogP contribution is 2.17. The minimum Gasteiger partial charge on any atom is -0.497 e. The smallest absolute Gasteiger partial charge is 0.347 e. The first kappa shape index (κ1) is 13.4. The Hall–Kier alpha value is -2.04. The van der Waals surface area contributed by atoms with Gasteiger partial charge in [0.15, 0.2) is 0 Å². The molecule has 19 heavy (non-hydrogen) atoms. The first-order valence-electron chi connectivity index (χ1n) is 6.43. The van der Waals surface area contributed by atoms with Crippen LogP contribution in [0.5, 0.6) is 5.75 Å². The molecule has 0 unspecified atom stereocenters. The highest BCUT2D eigenvalue weighted by Gasteiger charge is 2.13. The van der Waals surface area contributed by atoms with Crippen LogP contribution in [-0.4, -0.2) is 37.5 Å². The van der Waals surface area contributed by atoms with E-state index < -0.39 is 0 Å². The van der Waals surface area contributed by atoms with Crippen LogP contribution in [0, 0.1) is 0 Å². The number of carbonyl (C=O) groups excluding carboxylic acids is 1. The van der Waals surface area contributed by atoms with E-state index in [9.17, 15) is 4.79 Å². The molecule has 1 aliphatic rings. The van der Waals surface area contributed by atoms with Crippen molar-refractivity contribution in [1.82, 2.24) is 4.90 Å². The van der Waals surface area contributed by atoms with E-state index in [0.29, 0.717) is 11.4 Å². The zero-order valence-electron chi connectivity index (χ0n) is 11.3. The molecule has 1 aromatic rings. The van der Waals surface area contributed by atoms with Gasteiger partial charge in [0, 0.05) is 31.8 Å². The first-order chi connectivity index (χ1) is 9.19. The average Bonchev–Trinajstić information content (AvgIpc) is 2.41. The SMILES string of the molecule is COc1cccc(NC(=O)/N=C2/CCCCN2C)c1. The van der Waals surface area contributed by atoms with E-state index in [4.69, 9.17) is 4.74 Å². The van der Waals surface area contributed by atoms with Crippen molar-refractivity contribution >= 4 is 17.6 Å². The Morgan fingerprint density at radius 2 is 2.26 bits per heavy atom. The van der Waals surface area contributed by atoms with E-state index >= 15 is 0 Å². The molecule has 1 N–H and O–H groups in total. The Morgan fingerprint density at radius 1 is 1.42 bits per heavy atom. The molecule has 0 bridgehead atoms. The molecule has 1 aromatic carbocycles. The van der Waals surface area contributed by atoms with Crippen LogP contribution < -0.4 is 10.1 Å². The molecule has 1 heterocycles. The summed E-state index contributed by atoms with van der Waals surface area (Å²) in [5, 5.41) is 2.75. The lowest BCUT2D eigenvalue weighted by molar-refractivity contribution is 0.259. The summed E-state index contributed by atoms with van der Waals surface area (Å²) in [6.45, 7) is 0.964. The maximum absolute atomic E-state index is 11.9. The summed E-state index contributed by atoms with van der Waals surface area (Å²) in [6.07, 6.45) is 3.12. The van der Waals surface area contributed by atoms with Crippen LogP contribution in [0.1, 0.15) is 19.3 Å². The van der Waals surface area contributed by atoms with Crippen molar-refractivity contribution in [2.45, 2.75) is 19.3 Å². The number of amidine groups is 1. The maximum atomic E-state index is 11.9. The molecule has 2 amide bonds. The fourth-order valence-electron chi connectivity index (χ4n) is 2.06. The first-order valence-corrected chi connectivity index (χ1v) is 6.43. The molecule has 0 aliphatic carbocycles. The van der Waals surface area contributed by atoms with Gasteiger partial charge in [0.2, 0.25) is 0 Å². The minimum atomic E-state index is -0.336. The van der Waals surface area contributed by atoms with E-state index in [-0.39, 0.29) is 6.03 Å². The number of piperidine rings is 1. The molecule has 5 heteroatoms. The Morgan fingerprint density at radius 3 is 3.00 bits per heavy atom. The van der Waals surface area contributed by atoms with Crippen LogP contribution in [0.4, 0.5) is 10.5 Å². The average molecular weight is 261 g/mol. The normalized spacial score (nSPS) is 17.4. The lowest BCUT2D eigenvalue weighted by Gasteiger charge is -2.25. The molecule has 1 aliphatic heterocycles. The number of hydrogen-bond donors (Lipinski definition) is 1. The Kier molecular flexibility index (Phi) is 4.39. The number of nitrogens with zero attached hydrogens (tertiary/aromatic N) is 2. The fourth-order valence-corrected chi connectivity index (χ4v) is 2.06. The highest BCUT2D eigenvalue weighted by atomic mass is 16.5. The number of methoxy groups -OCH3 is 1. The van der Waals surface area contributed by atoms with Gasteiger partial charge in [-0.1, -0.05) is 6.07 Å².